The smallest absolute Gasteiger partial charge is 0.337 e. The molecular formula is C25H26N2O6S2. The van der Waals surface area contributed by atoms with Crippen LogP contribution in [0.5, 0.6) is 5.75 Å². The molecule has 0 spiro atoms. The number of hydrogen-bond acceptors (Lipinski definition) is 7. The average molecular weight is 515 g/mol. The van der Waals surface area contributed by atoms with Crippen LogP contribution in [0.3, 0.4) is 0 Å². The SMILES string of the molecule is CCOc1ccc(N(CC(=O)Nc2ccc(C(=O)OC)cc2)S(=O)(=O)c2ccc(SC)cc2)cc1. The first kappa shape index (κ1) is 26.1. The van der Waals surface area contributed by atoms with Gasteiger partial charge in [-0.05, 0) is 86.0 Å². The second-order valence-corrected chi connectivity index (χ2v) is 9.97. The van der Waals surface area contributed by atoms with Crippen LogP contribution in [-0.4, -0.2) is 46.8 Å². The number of amides is 1. The lowest BCUT2D eigenvalue weighted by Gasteiger charge is -2.24. The molecule has 0 radical (unpaired) electrons. The maximum absolute atomic E-state index is 13.5. The minimum Gasteiger partial charge on any atom is -0.494 e. The normalized spacial score (nSPS) is 10.9. The van der Waals surface area contributed by atoms with Crippen LogP contribution in [0.2, 0.25) is 0 Å². The quantitative estimate of drug-likeness (QED) is 0.315. The van der Waals surface area contributed by atoms with Crippen LogP contribution < -0.4 is 14.4 Å². The van der Waals surface area contributed by atoms with Crippen molar-refractivity contribution in [2.45, 2.75) is 16.7 Å². The Kier molecular flexibility index (Phi) is 8.78. The van der Waals surface area contributed by atoms with E-state index in [0.29, 0.717) is 29.3 Å². The van der Waals surface area contributed by atoms with Crippen molar-refractivity contribution in [1.29, 1.82) is 0 Å². The highest BCUT2D eigenvalue weighted by molar-refractivity contribution is 7.98. The van der Waals surface area contributed by atoms with Gasteiger partial charge in [-0.3, -0.25) is 9.10 Å². The van der Waals surface area contributed by atoms with Crippen LogP contribution in [0.25, 0.3) is 0 Å². The van der Waals surface area contributed by atoms with Gasteiger partial charge >= 0.3 is 5.97 Å². The summed E-state index contributed by atoms with van der Waals surface area (Å²) in [6.45, 7) is 1.87. The average Bonchev–Trinajstić information content (AvgIpc) is 2.88. The summed E-state index contributed by atoms with van der Waals surface area (Å²) in [6, 6.07) is 19.1. The van der Waals surface area contributed by atoms with Gasteiger partial charge in [-0.15, -0.1) is 11.8 Å². The number of rotatable bonds is 10. The van der Waals surface area contributed by atoms with Crippen molar-refractivity contribution in [2.24, 2.45) is 0 Å². The van der Waals surface area contributed by atoms with Crippen molar-refractivity contribution in [3.8, 4) is 5.75 Å². The van der Waals surface area contributed by atoms with E-state index in [2.05, 4.69) is 10.1 Å². The van der Waals surface area contributed by atoms with Crippen LogP contribution in [0.1, 0.15) is 17.3 Å². The van der Waals surface area contributed by atoms with E-state index in [9.17, 15) is 18.0 Å². The fourth-order valence-corrected chi connectivity index (χ4v) is 5.03. The van der Waals surface area contributed by atoms with Crippen molar-refractivity contribution >= 4 is 45.0 Å². The minimum absolute atomic E-state index is 0.0689. The minimum atomic E-state index is -4.05. The lowest BCUT2D eigenvalue weighted by atomic mass is 10.2. The maximum Gasteiger partial charge on any atom is 0.337 e. The topological polar surface area (TPSA) is 102 Å². The van der Waals surface area contributed by atoms with Crippen molar-refractivity contribution in [1.82, 2.24) is 0 Å². The fraction of sp³-hybridized carbons (Fsp3) is 0.200. The van der Waals surface area contributed by atoms with E-state index in [1.807, 2.05) is 13.2 Å². The molecule has 184 valence electrons. The summed E-state index contributed by atoms with van der Waals surface area (Å²) >= 11 is 1.50. The van der Waals surface area contributed by atoms with Gasteiger partial charge < -0.3 is 14.8 Å². The predicted molar refractivity (Wildman–Crippen MR) is 137 cm³/mol. The summed E-state index contributed by atoms with van der Waals surface area (Å²) in [5.41, 5.74) is 1.06. The Hall–Kier alpha value is -3.50. The predicted octanol–water partition coefficient (Wildman–Crippen LogP) is 4.43. The monoisotopic (exact) mass is 514 g/mol. The van der Waals surface area contributed by atoms with Gasteiger partial charge in [0.15, 0.2) is 0 Å². The third kappa shape index (κ3) is 6.55. The van der Waals surface area contributed by atoms with E-state index in [1.54, 1.807) is 48.5 Å². The molecule has 0 saturated heterocycles. The first-order valence-electron chi connectivity index (χ1n) is 10.7. The molecule has 1 amide bonds. The molecule has 8 nitrogen and oxygen atoms in total. The molecule has 35 heavy (non-hydrogen) atoms. The second kappa shape index (κ2) is 11.8. The molecule has 1 N–H and O–H groups in total. The Bertz CT molecular complexity index is 1260. The highest BCUT2D eigenvalue weighted by atomic mass is 32.2. The number of ether oxygens (including phenoxy) is 2. The number of carbonyl (C=O) groups excluding carboxylic acids is 2. The number of carbonyl (C=O) groups is 2. The van der Waals surface area contributed by atoms with Gasteiger partial charge in [-0.2, -0.15) is 0 Å². The van der Waals surface area contributed by atoms with Gasteiger partial charge in [0.25, 0.3) is 10.0 Å². The number of nitrogens with one attached hydrogen (secondary N) is 1. The second-order valence-electron chi connectivity index (χ2n) is 7.23. The van der Waals surface area contributed by atoms with E-state index in [-0.39, 0.29) is 4.90 Å². The Morgan fingerprint density at radius 3 is 2.11 bits per heavy atom. The van der Waals surface area contributed by atoms with Gasteiger partial charge in [0.05, 0.1) is 29.9 Å². The molecule has 3 aromatic carbocycles. The lowest BCUT2D eigenvalue weighted by Crippen LogP contribution is -2.38. The molecular weight excluding hydrogens is 488 g/mol. The highest BCUT2D eigenvalue weighted by Gasteiger charge is 2.27. The summed E-state index contributed by atoms with van der Waals surface area (Å²) in [5.74, 6) is -0.454. The molecule has 3 rings (SSSR count). The van der Waals surface area contributed by atoms with Crippen LogP contribution in [-0.2, 0) is 19.6 Å². The summed E-state index contributed by atoms with van der Waals surface area (Å²) in [5, 5.41) is 2.67. The molecule has 0 atom stereocenters. The van der Waals surface area contributed by atoms with Gasteiger partial charge in [0.2, 0.25) is 5.91 Å². The first-order chi connectivity index (χ1) is 16.8. The largest absolute Gasteiger partial charge is 0.494 e. The van der Waals surface area contributed by atoms with Gasteiger partial charge in [-0.1, -0.05) is 0 Å². The molecule has 0 fully saturated rings. The summed E-state index contributed by atoms with van der Waals surface area (Å²) in [6.07, 6.45) is 1.90. The third-order valence-electron chi connectivity index (χ3n) is 4.96. The van der Waals surface area contributed by atoms with Crippen molar-refractivity contribution < 1.29 is 27.5 Å². The molecule has 0 aliphatic rings. The number of thioether (sulfide) groups is 1. The molecule has 0 saturated carbocycles. The molecule has 3 aromatic rings. The Balaban J connectivity index is 1.88. The van der Waals surface area contributed by atoms with Gasteiger partial charge in [0, 0.05) is 10.6 Å². The Labute approximate surface area is 209 Å². The number of esters is 1. The number of methoxy groups -OCH3 is 1. The lowest BCUT2D eigenvalue weighted by molar-refractivity contribution is -0.114. The summed E-state index contributed by atoms with van der Waals surface area (Å²) in [7, 11) is -2.77. The van der Waals surface area contributed by atoms with Gasteiger partial charge in [0.1, 0.15) is 12.3 Å². The number of anilines is 2. The maximum atomic E-state index is 13.5. The van der Waals surface area contributed by atoms with Crippen molar-refractivity contribution in [3.63, 3.8) is 0 Å². The first-order valence-corrected chi connectivity index (χ1v) is 13.3. The molecule has 0 heterocycles. The number of hydrogen-bond donors (Lipinski definition) is 1. The van der Waals surface area contributed by atoms with E-state index in [1.165, 1.54) is 43.1 Å². The molecule has 0 aliphatic carbocycles. The molecule has 0 unspecified atom stereocenters. The fourth-order valence-electron chi connectivity index (χ4n) is 3.20. The summed E-state index contributed by atoms with van der Waals surface area (Å²) in [4.78, 5) is 25.5. The van der Waals surface area contributed by atoms with Crippen molar-refractivity contribution in [3.05, 3.63) is 78.4 Å². The number of sulfonamides is 1. The van der Waals surface area contributed by atoms with Crippen molar-refractivity contribution in [2.75, 3.05) is 36.1 Å². The molecule has 10 heteroatoms. The number of benzene rings is 3. The standard InChI is InChI=1S/C25H26N2O6S2/c1-4-33-21-11-9-20(10-12-21)27(35(30,31)23-15-13-22(34-3)14-16-23)17-24(28)26-19-7-5-18(6-8-19)25(29)32-2/h5-16H,4,17H2,1-3H3,(H,26,28). The van der Waals surface area contributed by atoms with Crippen LogP contribution in [0, 0.1) is 0 Å². The third-order valence-corrected chi connectivity index (χ3v) is 7.49. The zero-order chi connectivity index (χ0) is 25.4. The van der Waals surface area contributed by atoms with Crippen LogP contribution in [0.15, 0.2) is 82.6 Å². The van der Waals surface area contributed by atoms with E-state index >= 15 is 0 Å². The highest BCUT2D eigenvalue weighted by Crippen LogP contribution is 2.27. The Morgan fingerprint density at radius 1 is 0.943 bits per heavy atom. The van der Waals surface area contributed by atoms with Crippen LogP contribution in [0.4, 0.5) is 11.4 Å². The summed E-state index contributed by atoms with van der Waals surface area (Å²) < 4.78 is 38.2. The van der Waals surface area contributed by atoms with Gasteiger partial charge in [-0.25, -0.2) is 13.2 Å². The van der Waals surface area contributed by atoms with Crippen LogP contribution >= 0.6 is 11.8 Å². The van der Waals surface area contributed by atoms with E-state index in [0.717, 1.165) is 9.20 Å². The van der Waals surface area contributed by atoms with E-state index < -0.39 is 28.4 Å². The zero-order valence-corrected chi connectivity index (χ0v) is 21.2. The molecule has 0 bridgehead atoms. The number of nitrogens with zero attached hydrogens (tertiary/aromatic N) is 1. The molecule has 0 aromatic heterocycles. The zero-order valence-electron chi connectivity index (χ0n) is 19.6. The molecule has 0 aliphatic heterocycles. The Morgan fingerprint density at radius 2 is 1.57 bits per heavy atom. The van der Waals surface area contributed by atoms with E-state index in [4.69, 9.17) is 4.74 Å².